The summed E-state index contributed by atoms with van der Waals surface area (Å²) in [6.07, 6.45) is 2.01. The lowest BCUT2D eigenvalue weighted by Gasteiger charge is -2.12. The van der Waals surface area contributed by atoms with Crippen molar-refractivity contribution < 1.29 is 9.90 Å². The first kappa shape index (κ1) is 14.7. The maximum atomic E-state index is 11.1. The van der Waals surface area contributed by atoms with Crippen molar-refractivity contribution in [2.24, 2.45) is 11.7 Å². The van der Waals surface area contributed by atoms with Crippen molar-refractivity contribution in [1.29, 1.82) is 0 Å². The van der Waals surface area contributed by atoms with Crippen molar-refractivity contribution in [3.05, 3.63) is 35.4 Å². The molecule has 1 rings (SSSR count). The van der Waals surface area contributed by atoms with Crippen LogP contribution in [-0.2, 0) is 11.2 Å². The van der Waals surface area contributed by atoms with E-state index >= 15 is 0 Å². The molecule has 0 radical (unpaired) electrons. The number of hydrogen-bond donors (Lipinski definition) is 2. The number of nitrogens with two attached hydrogens (primary N) is 1. The average Bonchev–Trinajstić information content (AvgIpc) is 2.34. The zero-order valence-corrected chi connectivity index (χ0v) is 11.2. The molecule has 0 bridgehead atoms. The van der Waals surface area contributed by atoms with Crippen molar-refractivity contribution in [2.75, 3.05) is 6.54 Å². The molecule has 0 heterocycles. The van der Waals surface area contributed by atoms with E-state index in [1.54, 1.807) is 0 Å². The maximum absolute atomic E-state index is 11.1. The second-order valence-corrected chi connectivity index (χ2v) is 5.07. The fourth-order valence-electron chi connectivity index (χ4n) is 2.00. The van der Waals surface area contributed by atoms with Crippen LogP contribution in [0.25, 0.3) is 0 Å². The highest BCUT2D eigenvalue weighted by Gasteiger charge is 2.17. The van der Waals surface area contributed by atoms with Crippen molar-refractivity contribution in [3.63, 3.8) is 0 Å². The number of carboxylic acid groups (broad SMARTS) is 1. The average molecular weight is 249 g/mol. The molecule has 0 fully saturated rings. The summed E-state index contributed by atoms with van der Waals surface area (Å²) in [4.78, 5) is 11.1. The Labute approximate surface area is 109 Å². The third-order valence-corrected chi connectivity index (χ3v) is 3.23. The van der Waals surface area contributed by atoms with Crippen LogP contribution in [0.3, 0.4) is 0 Å². The molecule has 1 atom stereocenters. The van der Waals surface area contributed by atoms with E-state index in [-0.39, 0.29) is 5.92 Å². The van der Waals surface area contributed by atoms with Crippen LogP contribution in [0.2, 0.25) is 0 Å². The zero-order chi connectivity index (χ0) is 13.5. The summed E-state index contributed by atoms with van der Waals surface area (Å²) in [5.74, 6) is -0.540. The highest BCUT2D eigenvalue weighted by Crippen LogP contribution is 2.18. The van der Waals surface area contributed by atoms with Gasteiger partial charge in [-0.2, -0.15) is 0 Å². The van der Waals surface area contributed by atoms with E-state index in [1.165, 1.54) is 5.56 Å². The summed E-state index contributed by atoms with van der Waals surface area (Å²) in [7, 11) is 0. The van der Waals surface area contributed by atoms with E-state index in [9.17, 15) is 4.79 Å². The number of rotatable bonds is 7. The Kier molecular flexibility index (Phi) is 5.86. The molecule has 1 unspecified atom stereocenters. The van der Waals surface area contributed by atoms with Crippen molar-refractivity contribution >= 4 is 5.97 Å². The van der Waals surface area contributed by atoms with Crippen LogP contribution in [0, 0.1) is 5.92 Å². The molecule has 0 saturated heterocycles. The molecule has 0 amide bonds. The van der Waals surface area contributed by atoms with Gasteiger partial charge in [0.25, 0.3) is 0 Å². The van der Waals surface area contributed by atoms with Crippen LogP contribution in [0.1, 0.15) is 43.7 Å². The summed E-state index contributed by atoms with van der Waals surface area (Å²) in [6.45, 7) is 4.85. The molecule has 3 heteroatoms. The van der Waals surface area contributed by atoms with E-state index in [0.717, 1.165) is 12.0 Å². The third kappa shape index (κ3) is 4.49. The molecule has 1 aromatic carbocycles. The van der Waals surface area contributed by atoms with Crippen LogP contribution >= 0.6 is 0 Å². The molecule has 3 N–H and O–H groups in total. The van der Waals surface area contributed by atoms with E-state index in [2.05, 4.69) is 26.0 Å². The summed E-state index contributed by atoms with van der Waals surface area (Å²) < 4.78 is 0. The monoisotopic (exact) mass is 249 g/mol. The largest absolute Gasteiger partial charge is 0.481 e. The van der Waals surface area contributed by atoms with Gasteiger partial charge in [0, 0.05) is 0 Å². The van der Waals surface area contributed by atoms with Crippen LogP contribution in [0.4, 0.5) is 0 Å². The van der Waals surface area contributed by atoms with E-state index in [4.69, 9.17) is 10.8 Å². The lowest BCUT2D eigenvalue weighted by Crippen LogP contribution is -2.18. The molecule has 0 aliphatic heterocycles. The van der Waals surface area contributed by atoms with Crippen LogP contribution in [-0.4, -0.2) is 17.6 Å². The van der Waals surface area contributed by atoms with Gasteiger partial charge in [-0.05, 0) is 42.9 Å². The molecule has 3 nitrogen and oxygen atoms in total. The van der Waals surface area contributed by atoms with Gasteiger partial charge in [-0.1, -0.05) is 38.1 Å². The SMILES string of the molecule is CC(C)c1ccc(CC(CCCN)C(=O)O)cc1. The van der Waals surface area contributed by atoms with E-state index in [0.29, 0.717) is 25.3 Å². The van der Waals surface area contributed by atoms with Gasteiger partial charge in [-0.15, -0.1) is 0 Å². The third-order valence-electron chi connectivity index (χ3n) is 3.23. The molecule has 18 heavy (non-hydrogen) atoms. The molecular formula is C15H23NO2. The number of benzene rings is 1. The van der Waals surface area contributed by atoms with Gasteiger partial charge in [0.15, 0.2) is 0 Å². The molecule has 0 aliphatic carbocycles. The van der Waals surface area contributed by atoms with Gasteiger partial charge in [0.05, 0.1) is 5.92 Å². The Morgan fingerprint density at radius 3 is 2.33 bits per heavy atom. The van der Waals surface area contributed by atoms with Crippen molar-refractivity contribution in [2.45, 2.75) is 39.0 Å². The first-order chi connectivity index (χ1) is 8.54. The minimum absolute atomic E-state index is 0.321. The van der Waals surface area contributed by atoms with Crippen LogP contribution < -0.4 is 5.73 Å². The molecule has 0 aliphatic rings. The Morgan fingerprint density at radius 1 is 1.28 bits per heavy atom. The fourth-order valence-corrected chi connectivity index (χ4v) is 2.00. The minimum atomic E-state index is -0.726. The summed E-state index contributed by atoms with van der Waals surface area (Å²) in [6, 6.07) is 8.24. The molecular weight excluding hydrogens is 226 g/mol. The Morgan fingerprint density at radius 2 is 1.89 bits per heavy atom. The van der Waals surface area contributed by atoms with Crippen LogP contribution in [0.5, 0.6) is 0 Å². The van der Waals surface area contributed by atoms with Gasteiger partial charge in [0.1, 0.15) is 0 Å². The Balaban J connectivity index is 2.66. The molecule has 1 aromatic rings. The fraction of sp³-hybridized carbons (Fsp3) is 0.533. The predicted octanol–water partition coefficient (Wildman–Crippen LogP) is 2.79. The molecule has 0 saturated carbocycles. The molecule has 0 aromatic heterocycles. The standard InChI is InChI=1S/C15H23NO2/c1-11(2)13-7-5-12(6-8-13)10-14(15(17)18)4-3-9-16/h5-8,11,14H,3-4,9-10,16H2,1-2H3,(H,17,18). The number of carbonyl (C=O) groups is 1. The van der Waals surface area contributed by atoms with Gasteiger partial charge >= 0.3 is 5.97 Å². The summed E-state index contributed by atoms with van der Waals surface area (Å²) in [5, 5.41) is 9.16. The van der Waals surface area contributed by atoms with Crippen molar-refractivity contribution in [3.8, 4) is 0 Å². The topological polar surface area (TPSA) is 63.3 Å². The van der Waals surface area contributed by atoms with Gasteiger partial charge < -0.3 is 10.8 Å². The highest BCUT2D eigenvalue weighted by atomic mass is 16.4. The predicted molar refractivity (Wildman–Crippen MR) is 73.6 cm³/mol. The second-order valence-electron chi connectivity index (χ2n) is 5.07. The normalized spacial score (nSPS) is 12.7. The minimum Gasteiger partial charge on any atom is -0.481 e. The van der Waals surface area contributed by atoms with E-state index < -0.39 is 5.97 Å². The van der Waals surface area contributed by atoms with Gasteiger partial charge in [-0.3, -0.25) is 4.79 Å². The number of aliphatic carboxylic acids is 1. The van der Waals surface area contributed by atoms with E-state index in [1.807, 2.05) is 12.1 Å². The molecule has 100 valence electrons. The molecule has 0 spiro atoms. The maximum Gasteiger partial charge on any atom is 0.306 e. The second kappa shape index (κ2) is 7.17. The zero-order valence-electron chi connectivity index (χ0n) is 11.2. The Hall–Kier alpha value is -1.35. The Bertz CT molecular complexity index is 371. The summed E-state index contributed by atoms with van der Waals surface area (Å²) >= 11 is 0. The number of hydrogen-bond acceptors (Lipinski definition) is 2. The summed E-state index contributed by atoms with van der Waals surface area (Å²) in [5.41, 5.74) is 7.80. The highest BCUT2D eigenvalue weighted by molar-refractivity contribution is 5.70. The lowest BCUT2D eigenvalue weighted by atomic mass is 9.93. The number of carboxylic acids is 1. The first-order valence-corrected chi connectivity index (χ1v) is 6.56. The van der Waals surface area contributed by atoms with Crippen molar-refractivity contribution in [1.82, 2.24) is 0 Å². The lowest BCUT2D eigenvalue weighted by molar-refractivity contribution is -0.141. The van der Waals surface area contributed by atoms with Gasteiger partial charge in [-0.25, -0.2) is 0 Å². The quantitative estimate of drug-likeness (QED) is 0.781. The van der Waals surface area contributed by atoms with Crippen LogP contribution in [0.15, 0.2) is 24.3 Å². The first-order valence-electron chi connectivity index (χ1n) is 6.56. The smallest absolute Gasteiger partial charge is 0.306 e. The van der Waals surface area contributed by atoms with Gasteiger partial charge in [0.2, 0.25) is 0 Å².